The molecular weight excluding hydrogens is 228 g/mol. The van der Waals surface area contributed by atoms with E-state index < -0.39 is 0 Å². The van der Waals surface area contributed by atoms with E-state index in [4.69, 9.17) is 0 Å². The van der Waals surface area contributed by atoms with Crippen LogP contribution in [0.5, 0.6) is 0 Å². The van der Waals surface area contributed by atoms with Crippen molar-refractivity contribution in [2.75, 3.05) is 37.7 Å². The summed E-state index contributed by atoms with van der Waals surface area (Å²) in [6.07, 6.45) is 2.78. The third kappa shape index (κ3) is 3.81. The average Bonchev–Trinajstić information content (AvgIpc) is 2.65. The van der Waals surface area contributed by atoms with Crippen molar-refractivity contribution in [1.82, 2.24) is 10.2 Å². The topological polar surface area (TPSA) is 15.3 Å². The van der Waals surface area contributed by atoms with Crippen LogP contribution in [-0.2, 0) is 0 Å². The van der Waals surface area contributed by atoms with E-state index >= 15 is 0 Å². The maximum Gasteiger partial charge on any atom is 0.0120 e. The molecule has 4 heteroatoms. The predicted molar refractivity (Wildman–Crippen MR) is 71.2 cm³/mol. The number of nitrogens with one attached hydrogen (secondary N) is 1. The number of piperidine rings is 1. The van der Waals surface area contributed by atoms with Gasteiger partial charge in [-0.2, -0.15) is 11.8 Å². The molecule has 0 aromatic rings. The first kappa shape index (κ1) is 13.6. The van der Waals surface area contributed by atoms with Crippen LogP contribution >= 0.6 is 24.2 Å². The fourth-order valence-corrected chi connectivity index (χ4v) is 3.34. The maximum absolute atomic E-state index is 3.61. The van der Waals surface area contributed by atoms with Crippen molar-refractivity contribution in [1.29, 1.82) is 0 Å². The molecule has 0 radical (unpaired) electrons. The number of hydrogen-bond acceptors (Lipinski definition) is 3. The molecule has 2 aliphatic heterocycles. The zero-order valence-corrected chi connectivity index (χ0v) is 11.2. The second-order valence-electron chi connectivity index (χ2n) is 4.40. The predicted octanol–water partition coefficient (Wildman–Crippen LogP) is 1.85. The molecular formula is C11H23ClN2S. The first-order valence-corrected chi connectivity index (χ1v) is 7.09. The summed E-state index contributed by atoms with van der Waals surface area (Å²) < 4.78 is 0. The lowest BCUT2D eigenvalue weighted by molar-refractivity contribution is 0.171. The highest BCUT2D eigenvalue weighted by Gasteiger charge is 2.31. The number of thioether (sulfide) groups is 1. The molecule has 2 atom stereocenters. The van der Waals surface area contributed by atoms with Crippen LogP contribution in [0.25, 0.3) is 0 Å². The molecule has 2 saturated heterocycles. The number of hydrogen-bond donors (Lipinski definition) is 1. The Morgan fingerprint density at radius 3 is 3.07 bits per heavy atom. The number of nitrogens with zero attached hydrogens (tertiary/aromatic N) is 1. The Bertz CT molecular complexity index is 180. The number of likely N-dealkylation sites (tertiary alicyclic amines) is 1. The fourth-order valence-electron chi connectivity index (χ4n) is 2.66. The zero-order valence-electron chi connectivity index (χ0n) is 9.58. The minimum atomic E-state index is 0. The Labute approximate surface area is 104 Å². The van der Waals surface area contributed by atoms with Gasteiger partial charge in [-0.15, -0.1) is 12.4 Å². The van der Waals surface area contributed by atoms with Gasteiger partial charge in [0, 0.05) is 24.9 Å². The van der Waals surface area contributed by atoms with E-state index in [0.29, 0.717) is 0 Å². The van der Waals surface area contributed by atoms with Crippen molar-refractivity contribution in [2.45, 2.75) is 25.8 Å². The van der Waals surface area contributed by atoms with Crippen molar-refractivity contribution in [3.8, 4) is 0 Å². The van der Waals surface area contributed by atoms with Gasteiger partial charge >= 0.3 is 0 Å². The molecule has 2 nitrogen and oxygen atoms in total. The van der Waals surface area contributed by atoms with Gasteiger partial charge in [-0.05, 0) is 37.6 Å². The summed E-state index contributed by atoms with van der Waals surface area (Å²) in [5.74, 6) is 3.54. The number of fused-ring (bicyclic) bond motifs is 1. The molecule has 0 bridgehead atoms. The molecule has 1 N–H and O–H groups in total. The van der Waals surface area contributed by atoms with Crippen LogP contribution in [0.4, 0.5) is 0 Å². The van der Waals surface area contributed by atoms with E-state index in [1.807, 2.05) is 0 Å². The first-order chi connectivity index (χ1) is 6.90. The zero-order chi connectivity index (χ0) is 9.80. The fraction of sp³-hybridized carbons (Fsp3) is 1.00. The van der Waals surface area contributed by atoms with Crippen LogP contribution in [0.3, 0.4) is 0 Å². The van der Waals surface area contributed by atoms with Crippen LogP contribution in [-0.4, -0.2) is 48.6 Å². The largest absolute Gasteiger partial charge is 0.314 e. The third-order valence-electron chi connectivity index (χ3n) is 3.50. The summed E-state index contributed by atoms with van der Waals surface area (Å²) in [5.41, 5.74) is 0. The second-order valence-corrected chi connectivity index (χ2v) is 5.79. The Hall–Kier alpha value is 0.560. The van der Waals surface area contributed by atoms with E-state index in [2.05, 4.69) is 28.9 Å². The molecule has 0 spiro atoms. The van der Waals surface area contributed by atoms with Gasteiger partial charge in [-0.25, -0.2) is 0 Å². The molecule has 2 rings (SSSR count). The van der Waals surface area contributed by atoms with Gasteiger partial charge in [0.05, 0.1) is 0 Å². The van der Waals surface area contributed by atoms with E-state index in [-0.39, 0.29) is 12.4 Å². The lowest BCUT2D eigenvalue weighted by Gasteiger charge is -2.34. The Morgan fingerprint density at radius 2 is 2.27 bits per heavy atom. The number of rotatable bonds is 4. The van der Waals surface area contributed by atoms with E-state index in [0.717, 1.165) is 12.0 Å². The lowest BCUT2D eigenvalue weighted by Crippen LogP contribution is -2.45. The highest BCUT2D eigenvalue weighted by molar-refractivity contribution is 7.99. The minimum absolute atomic E-state index is 0. The molecule has 0 aromatic carbocycles. The second kappa shape index (κ2) is 7.00. The van der Waals surface area contributed by atoms with Gasteiger partial charge in [0.2, 0.25) is 0 Å². The molecule has 0 aromatic heterocycles. The summed E-state index contributed by atoms with van der Waals surface area (Å²) in [7, 11) is 0. The molecule has 2 aliphatic rings. The summed E-state index contributed by atoms with van der Waals surface area (Å²) >= 11 is 2.07. The van der Waals surface area contributed by atoms with Crippen LogP contribution in [0, 0.1) is 5.92 Å². The molecule has 0 amide bonds. The highest BCUT2D eigenvalue weighted by atomic mass is 35.5. The van der Waals surface area contributed by atoms with Crippen molar-refractivity contribution < 1.29 is 0 Å². The molecule has 0 aliphatic carbocycles. The molecule has 90 valence electrons. The molecule has 0 saturated carbocycles. The summed E-state index contributed by atoms with van der Waals surface area (Å²) in [4.78, 5) is 2.66. The van der Waals surface area contributed by atoms with Crippen molar-refractivity contribution >= 4 is 24.2 Å². The van der Waals surface area contributed by atoms with Crippen LogP contribution in [0.2, 0.25) is 0 Å². The van der Waals surface area contributed by atoms with E-state index in [1.54, 1.807) is 0 Å². The first-order valence-electron chi connectivity index (χ1n) is 5.93. The van der Waals surface area contributed by atoms with Crippen LogP contribution in [0.1, 0.15) is 19.8 Å². The van der Waals surface area contributed by atoms with Crippen LogP contribution in [0.15, 0.2) is 0 Å². The van der Waals surface area contributed by atoms with Gasteiger partial charge in [-0.1, -0.05) is 6.92 Å². The lowest BCUT2D eigenvalue weighted by atomic mass is 9.93. The molecule has 2 fully saturated rings. The van der Waals surface area contributed by atoms with Gasteiger partial charge in [-0.3, -0.25) is 0 Å². The molecule has 15 heavy (non-hydrogen) atoms. The Kier molecular flexibility index (Phi) is 6.36. The number of halogens is 1. The highest BCUT2D eigenvalue weighted by Crippen LogP contribution is 2.24. The summed E-state index contributed by atoms with van der Waals surface area (Å²) in [6, 6.07) is 0.852. The standard InChI is InChI=1S/C11H22N2S.ClH/c1-2-14-8-7-13-6-4-11-10(9-13)3-5-12-11;/h10-12H,2-9H2,1H3;1H. The Morgan fingerprint density at radius 1 is 1.40 bits per heavy atom. The molecule has 2 heterocycles. The third-order valence-corrected chi connectivity index (χ3v) is 4.38. The van der Waals surface area contributed by atoms with Crippen molar-refractivity contribution in [2.24, 2.45) is 5.92 Å². The van der Waals surface area contributed by atoms with E-state index in [9.17, 15) is 0 Å². The monoisotopic (exact) mass is 250 g/mol. The van der Waals surface area contributed by atoms with Crippen molar-refractivity contribution in [3.05, 3.63) is 0 Å². The maximum atomic E-state index is 3.61. The normalized spacial score (nSPS) is 31.0. The van der Waals surface area contributed by atoms with Gasteiger partial charge in [0.15, 0.2) is 0 Å². The van der Waals surface area contributed by atoms with Crippen LogP contribution < -0.4 is 5.32 Å². The summed E-state index contributed by atoms with van der Waals surface area (Å²) in [6.45, 7) is 7.48. The van der Waals surface area contributed by atoms with E-state index in [1.165, 1.54) is 50.5 Å². The quantitative estimate of drug-likeness (QED) is 0.767. The molecule has 2 unspecified atom stereocenters. The van der Waals surface area contributed by atoms with Crippen molar-refractivity contribution in [3.63, 3.8) is 0 Å². The Balaban J connectivity index is 0.00000112. The summed E-state index contributed by atoms with van der Waals surface area (Å²) in [5, 5.41) is 3.61. The SMILES string of the molecule is CCSCCN1CCC2NCCC2C1.Cl. The van der Waals surface area contributed by atoms with Gasteiger partial charge < -0.3 is 10.2 Å². The van der Waals surface area contributed by atoms with Gasteiger partial charge in [0.25, 0.3) is 0 Å². The smallest absolute Gasteiger partial charge is 0.0120 e. The van der Waals surface area contributed by atoms with Gasteiger partial charge in [0.1, 0.15) is 0 Å². The minimum Gasteiger partial charge on any atom is -0.314 e. The average molecular weight is 251 g/mol.